The van der Waals surface area contributed by atoms with Crippen molar-refractivity contribution in [2.45, 2.75) is 24.5 Å². The van der Waals surface area contributed by atoms with Gasteiger partial charge < -0.3 is 10.4 Å². The maximum atomic E-state index is 13.5. The molecule has 0 saturated carbocycles. The van der Waals surface area contributed by atoms with Gasteiger partial charge in [0.05, 0.1) is 6.20 Å². The smallest absolute Gasteiger partial charge is 0.194 e. The summed E-state index contributed by atoms with van der Waals surface area (Å²) in [7, 11) is 0. The van der Waals surface area contributed by atoms with Crippen molar-refractivity contribution < 1.29 is 9.50 Å². The third-order valence-electron chi connectivity index (χ3n) is 5.16. The number of hydrogen-bond acceptors (Lipinski definition) is 7. The number of pyridine rings is 1. The monoisotopic (exact) mass is 548 g/mol. The molecule has 1 atom stereocenters. The van der Waals surface area contributed by atoms with E-state index in [1.165, 1.54) is 12.3 Å². The molecule has 4 heterocycles. The summed E-state index contributed by atoms with van der Waals surface area (Å²) in [5, 5.41) is 14.6. The van der Waals surface area contributed by atoms with E-state index < -0.39 is 5.82 Å². The summed E-state index contributed by atoms with van der Waals surface area (Å²) in [6.07, 6.45) is 3.37. The lowest BCUT2D eigenvalue weighted by Gasteiger charge is -2.11. The van der Waals surface area contributed by atoms with Gasteiger partial charge in [0.2, 0.25) is 0 Å². The Balaban J connectivity index is 1.37. The minimum Gasteiger partial charge on any atom is -0.507 e. The molecule has 0 amide bonds. The summed E-state index contributed by atoms with van der Waals surface area (Å²) in [5.41, 5.74) is 3.74. The predicted molar refractivity (Wildman–Crippen MR) is 127 cm³/mol. The molecule has 1 aromatic carbocycles. The van der Waals surface area contributed by atoms with Crippen LogP contribution < -0.4 is 5.32 Å². The number of halogens is 2. The van der Waals surface area contributed by atoms with Crippen molar-refractivity contribution in [2.24, 2.45) is 0 Å². The molecule has 5 rings (SSSR count). The number of phenols is 1. The van der Waals surface area contributed by atoms with Gasteiger partial charge in [-0.1, -0.05) is 17.8 Å². The summed E-state index contributed by atoms with van der Waals surface area (Å²) in [5.74, 6) is 1.38. The second-order valence-corrected chi connectivity index (χ2v) is 9.31. The van der Waals surface area contributed by atoms with Gasteiger partial charge in [0.15, 0.2) is 26.0 Å². The molecule has 0 aliphatic carbocycles. The predicted octanol–water partition coefficient (Wildman–Crippen LogP) is 4.66. The summed E-state index contributed by atoms with van der Waals surface area (Å²) in [6.45, 7) is 2.79. The van der Waals surface area contributed by atoms with Crippen molar-refractivity contribution >= 4 is 51.3 Å². The SMILES string of the molecule is C[C@@H]1CSc2nc3c(NCCc4ccc(O)c(-c5cncc(F)c5)c4)nc(I)nc3n21. The normalized spacial score (nSPS) is 15.4. The molecule has 0 spiro atoms. The lowest BCUT2D eigenvalue weighted by molar-refractivity contribution is 0.477. The van der Waals surface area contributed by atoms with E-state index >= 15 is 0 Å². The van der Waals surface area contributed by atoms with Crippen LogP contribution >= 0.6 is 34.4 Å². The molecule has 1 aliphatic heterocycles. The number of aromatic hydroxyl groups is 1. The highest BCUT2D eigenvalue weighted by atomic mass is 127. The third kappa shape index (κ3) is 3.93. The summed E-state index contributed by atoms with van der Waals surface area (Å²) >= 11 is 3.87. The number of hydrogen-bond donors (Lipinski definition) is 2. The Labute approximate surface area is 195 Å². The first-order valence-corrected chi connectivity index (χ1v) is 11.8. The number of fused-ring (bicyclic) bond motifs is 3. The van der Waals surface area contributed by atoms with Gasteiger partial charge in [-0.15, -0.1) is 0 Å². The van der Waals surface area contributed by atoms with E-state index in [1.54, 1.807) is 17.8 Å². The van der Waals surface area contributed by atoms with Gasteiger partial charge in [0, 0.05) is 58.3 Å². The quantitative estimate of drug-likeness (QED) is 0.277. The molecule has 3 aromatic heterocycles. The van der Waals surface area contributed by atoms with Crippen LogP contribution in [0.5, 0.6) is 5.75 Å². The van der Waals surface area contributed by atoms with Gasteiger partial charge in [-0.05, 0) is 37.1 Å². The summed E-state index contributed by atoms with van der Waals surface area (Å²) in [4.78, 5) is 17.8. The Morgan fingerprint density at radius 1 is 1.26 bits per heavy atom. The molecule has 0 saturated heterocycles. The molecular weight excluding hydrogens is 530 g/mol. The van der Waals surface area contributed by atoms with Crippen LogP contribution in [0.4, 0.5) is 10.2 Å². The van der Waals surface area contributed by atoms with E-state index in [9.17, 15) is 9.50 Å². The summed E-state index contributed by atoms with van der Waals surface area (Å²) < 4.78 is 16.4. The van der Waals surface area contributed by atoms with Crippen molar-refractivity contribution in [1.29, 1.82) is 0 Å². The molecule has 158 valence electrons. The van der Waals surface area contributed by atoms with Crippen molar-refractivity contribution in [3.63, 3.8) is 0 Å². The van der Waals surface area contributed by atoms with Gasteiger partial charge in [0.25, 0.3) is 0 Å². The van der Waals surface area contributed by atoms with Crippen molar-refractivity contribution in [3.05, 3.63) is 51.9 Å². The Morgan fingerprint density at radius 2 is 2.13 bits per heavy atom. The molecule has 0 fully saturated rings. The molecule has 0 unspecified atom stereocenters. The Hall–Kier alpha value is -2.47. The first-order chi connectivity index (χ1) is 15.0. The zero-order chi connectivity index (χ0) is 21.5. The molecule has 4 aromatic rings. The Bertz CT molecular complexity index is 1300. The number of rotatable bonds is 5. The van der Waals surface area contributed by atoms with Crippen LogP contribution in [0.25, 0.3) is 22.3 Å². The van der Waals surface area contributed by atoms with E-state index in [0.29, 0.717) is 34.0 Å². The van der Waals surface area contributed by atoms with Crippen LogP contribution in [0, 0.1) is 9.65 Å². The van der Waals surface area contributed by atoms with E-state index in [1.807, 2.05) is 12.1 Å². The molecule has 10 heteroatoms. The minimum atomic E-state index is -0.439. The standard InChI is InChI=1S/C21H18FIN6OS/c1-11-10-31-21-26-17-18(27-20(23)28-19(17)29(11)21)25-5-4-12-2-3-16(30)15(6-12)13-7-14(22)9-24-8-13/h2-3,6-9,11,30H,4-5,10H2,1H3,(H,25,27,28)/t11-/m1/s1. The number of thioether (sulfide) groups is 1. The fraction of sp³-hybridized carbons (Fsp3) is 0.238. The lowest BCUT2D eigenvalue weighted by Crippen LogP contribution is -2.09. The van der Waals surface area contributed by atoms with Crippen LogP contribution in [0.15, 0.2) is 41.8 Å². The number of phenolic OH excluding ortho intramolecular Hbond substituents is 1. The van der Waals surface area contributed by atoms with Crippen molar-refractivity contribution in [3.8, 4) is 16.9 Å². The zero-order valence-electron chi connectivity index (χ0n) is 16.5. The highest BCUT2D eigenvalue weighted by Crippen LogP contribution is 2.37. The van der Waals surface area contributed by atoms with Gasteiger partial charge >= 0.3 is 0 Å². The lowest BCUT2D eigenvalue weighted by atomic mass is 10.0. The number of anilines is 1. The van der Waals surface area contributed by atoms with Gasteiger partial charge in [-0.3, -0.25) is 9.55 Å². The van der Waals surface area contributed by atoms with Crippen LogP contribution in [-0.4, -0.2) is 41.9 Å². The molecule has 2 N–H and O–H groups in total. The van der Waals surface area contributed by atoms with Crippen LogP contribution in [0.3, 0.4) is 0 Å². The van der Waals surface area contributed by atoms with E-state index in [0.717, 1.165) is 39.7 Å². The second kappa shape index (κ2) is 8.23. The topological polar surface area (TPSA) is 88.8 Å². The van der Waals surface area contributed by atoms with Gasteiger partial charge in [-0.25, -0.2) is 19.3 Å². The molecule has 1 aliphatic rings. The van der Waals surface area contributed by atoms with Crippen molar-refractivity contribution in [1.82, 2.24) is 24.5 Å². The number of nitrogens with zero attached hydrogens (tertiary/aromatic N) is 5. The van der Waals surface area contributed by atoms with Gasteiger partial charge in [-0.2, -0.15) is 0 Å². The fourth-order valence-electron chi connectivity index (χ4n) is 3.67. The molecule has 31 heavy (non-hydrogen) atoms. The van der Waals surface area contributed by atoms with E-state index in [2.05, 4.69) is 54.4 Å². The number of benzene rings is 1. The summed E-state index contributed by atoms with van der Waals surface area (Å²) in [6, 6.07) is 7.06. The van der Waals surface area contributed by atoms with E-state index in [4.69, 9.17) is 4.98 Å². The minimum absolute atomic E-state index is 0.0929. The van der Waals surface area contributed by atoms with Gasteiger partial charge in [0.1, 0.15) is 11.6 Å². The molecule has 0 bridgehead atoms. The third-order valence-corrected chi connectivity index (χ3v) is 6.84. The fourth-order valence-corrected chi connectivity index (χ4v) is 5.24. The van der Waals surface area contributed by atoms with E-state index in [-0.39, 0.29) is 5.75 Å². The second-order valence-electron chi connectivity index (χ2n) is 7.36. The molecule has 0 radical (unpaired) electrons. The maximum Gasteiger partial charge on any atom is 0.194 e. The first kappa shape index (κ1) is 20.4. The number of nitrogens with one attached hydrogen (secondary N) is 1. The highest BCUT2D eigenvalue weighted by molar-refractivity contribution is 14.1. The Kier molecular flexibility index (Phi) is 5.42. The number of aromatic nitrogens is 5. The average Bonchev–Trinajstić information content (AvgIpc) is 3.29. The highest BCUT2D eigenvalue weighted by Gasteiger charge is 2.26. The van der Waals surface area contributed by atoms with Crippen LogP contribution in [-0.2, 0) is 6.42 Å². The Morgan fingerprint density at radius 3 is 2.97 bits per heavy atom. The average molecular weight is 548 g/mol. The van der Waals surface area contributed by atoms with Crippen LogP contribution in [0.2, 0.25) is 0 Å². The number of imidazole rings is 1. The molecular formula is C21H18FIN6OS. The van der Waals surface area contributed by atoms with Crippen LogP contribution in [0.1, 0.15) is 18.5 Å². The molecule has 7 nitrogen and oxygen atoms in total. The zero-order valence-corrected chi connectivity index (χ0v) is 19.5. The first-order valence-electron chi connectivity index (χ1n) is 9.74. The van der Waals surface area contributed by atoms with Crippen molar-refractivity contribution in [2.75, 3.05) is 17.6 Å². The maximum absolute atomic E-state index is 13.5. The largest absolute Gasteiger partial charge is 0.507 e.